The van der Waals surface area contributed by atoms with Gasteiger partial charge in [-0.25, -0.2) is 4.98 Å². The predicted molar refractivity (Wildman–Crippen MR) is 98.6 cm³/mol. The zero-order valence-electron chi connectivity index (χ0n) is 13.7. The Hall–Kier alpha value is -2.34. The number of nitrogens with one attached hydrogen (secondary N) is 2. The molecule has 0 spiro atoms. The molecule has 0 aliphatic heterocycles. The highest BCUT2D eigenvalue weighted by molar-refractivity contribution is 7.15. The third kappa shape index (κ3) is 3.01. The fourth-order valence-corrected chi connectivity index (χ4v) is 3.74. The van der Waals surface area contributed by atoms with Gasteiger partial charge >= 0.3 is 0 Å². The van der Waals surface area contributed by atoms with E-state index in [-0.39, 0.29) is 5.41 Å². The molecule has 1 saturated carbocycles. The average molecular weight is 339 g/mol. The van der Waals surface area contributed by atoms with Crippen molar-refractivity contribution < 1.29 is 0 Å². The molecule has 124 valence electrons. The number of hydrogen-bond acceptors (Lipinski definition) is 3. The van der Waals surface area contributed by atoms with Gasteiger partial charge in [0.15, 0.2) is 10.9 Å². The van der Waals surface area contributed by atoms with Crippen LogP contribution in [0.4, 0.5) is 0 Å². The highest BCUT2D eigenvalue weighted by Crippen LogP contribution is 2.47. The van der Waals surface area contributed by atoms with Gasteiger partial charge in [-0.15, -0.1) is 11.3 Å². The van der Waals surface area contributed by atoms with Crippen LogP contribution in [-0.4, -0.2) is 28.9 Å². The van der Waals surface area contributed by atoms with E-state index in [2.05, 4.69) is 57.1 Å². The number of fused-ring (bicyclic) bond motifs is 1. The molecule has 4 rings (SSSR count). The monoisotopic (exact) mass is 339 g/mol. The van der Waals surface area contributed by atoms with Gasteiger partial charge in [-0.05, 0) is 18.4 Å². The minimum absolute atomic E-state index is 0.274. The summed E-state index contributed by atoms with van der Waals surface area (Å²) >= 11 is 1.65. The summed E-state index contributed by atoms with van der Waals surface area (Å²) in [6.45, 7) is 1.58. The van der Waals surface area contributed by atoms with E-state index in [1.807, 2.05) is 23.0 Å². The lowest BCUT2D eigenvalue weighted by Gasteiger charge is -2.18. The van der Waals surface area contributed by atoms with Gasteiger partial charge in [0.05, 0.1) is 12.2 Å². The van der Waals surface area contributed by atoms with Crippen LogP contribution in [0.3, 0.4) is 0 Å². The molecule has 5 nitrogen and oxygen atoms in total. The number of rotatable bonds is 5. The lowest BCUT2D eigenvalue weighted by molar-refractivity contribution is 0.645. The van der Waals surface area contributed by atoms with Crippen LogP contribution in [0.25, 0.3) is 4.96 Å². The van der Waals surface area contributed by atoms with Crippen molar-refractivity contribution in [2.24, 2.45) is 4.99 Å². The van der Waals surface area contributed by atoms with Gasteiger partial charge in [0.25, 0.3) is 0 Å². The van der Waals surface area contributed by atoms with Crippen molar-refractivity contribution in [2.75, 3.05) is 13.6 Å². The summed E-state index contributed by atoms with van der Waals surface area (Å²) in [7, 11) is 1.81. The number of nitrogens with zero attached hydrogens (tertiary/aromatic N) is 3. The first-order chi connectivity index (χ1) is 11.8. The van der Waals surface area contributed by atoms with Crippen LogP contribution >= 0.6 is 11.3 Å². The molecule has 2 aromatic heterocycles. The molecule has 0 amide bonds. The summed E-state index contributed by atoms with van der Waals surface area (Å²) in [4.78, 5) is 9.94. The highest BCUT2D eigenvalue weighted by Gasteiger charge is 2.43. The third-order valence-electron chi connectivity index (χ3n) is 4.64. The second-order valence-electron chi connectivity index (χ2n) is 6.25. The van der Waals surface area contributed by atoms with E-state index in [1.165, 1.54) is 18.4 Å². The number of thiazole rings is 1. The van der Waals surface area contributed by atoms with Crippen LogP contribution in [0.1, 0.15) is 24.1 Å². The Morgan fingerprint density at radius 3 is 2.83 bits per heavy atom. The zero-order valence-corrected chi connectivity index (χ0v) is 14.5. The summed E-state index contributed by atoms with van der Waals surface area (Å²) in [5, 5.41) is 8.87. The topological polar surface area (TPSA) is 53.7 Å². The van der Waals surface area contributed by atoms with E-state index in [4.69, 9.17) is 0 Å². The molecule has 0 bridgehead atoms. The van der Waals surface area contributed by atoms with Gasteiger partial charge in [0.1, 0.15) is 0 Å². The lowest BCUT2D eigenvalue weighted by atomic mass is 9.96. The van der Waals surface area contributed by atoms with Crippen molar-refractivity contribution in [3.05, 3.63) is 59.4 Å². The molecule has 0 saturated heterocycles. The Bertz CT molecular complexity index is 816. The van der Waals surface area contributed by atoms with Crippen LogP contribution in [0, 0.1) is 0 Å². The molecule has 1 aliphatic rings. The van der Waals surface area contributed by atoms with E-state index >= 15 is 0 Å². The van der Waals surface area contributed by atoms with Crippen molar-refractivity contribution >= 4 is 22.3 Å². The number of guanidine groups is 1. The first kappa shape index (κ1) is 15.2. The molecule has 2 heterocycles. The minimum atomic E-state index is 0.274. The first-order valence-electron chi connectivity index (χ1n) is 8.20. The fraction of sp³-hybridized carbons (Fsp3) is 0.333. The number of aromatic nitrogens is 2. The van der Waals surface area contributed by atoms with Crippen molar-refractivity contribution in [1.82, 2.24) is 20.0 Å². The van der Waals surface area contributed by atoms with Crippen molar-refractivity contribution in [3.63, 3.8) is 0 Å². The quantitative estimate of drug-likeness (QED) is 0.555. The Kier molecular flexibility index (Phi) is 3.98. The molecule has 1 aliphatic carbocycles. The second-order valence-corrected chi connectivity index (χ2v) is 7.12. The van der Waals surface area contributed by atoms with E-state index in [0.717, 1.165) is 23.2 Å². The highest BCUT2D eigenvalue weighted by atomic mass is 32.1. The molecule has 6 heteroatoms. The Labute approximate surface area is 145 Å². The summed E-state index contributed by atoms with van der Waals surface area (Å²) in [5.74, 6) is 0.827. The third-order valence-corrected chi connectivity index (χ3v) is 5.41. The molecule has 2 N–H and O–H groups in total. The Morgan fingerprint density at radius 1 is 1.29 bits per heavy atom. The number of aliphatic imine (C=N–C) groups is 1. The molecule has 3 aromatic rings. The maximum absolute atomic E-state index is 4.58. The maximum atomic E-state index is 4.58. The van der Waals surface area contributed by atoms with Gasteiger partial charge in [-0.1, -0.05) is 30.3 Å². The van der Waals surface area contributed by atoms with Gasteiger partial charge < -0.3 is 10.6 Å². The van der Waals surface area contributed by atoms with Crippen LogP contribution in [-0.2, 0) is 12.0 Å². The second kappa shape index (κ2) is 6.28. The zero-order chi connectivity index (χ0) is 16.4. The average Bonchev–Trinajstić information content (AvgIpc) is 3.12. The number of benzene rings is 1. The van der Waals surface area contributed by atoms with Gasteiger partial charge in [0.2, 0.25) is 0 Å². The van der Waals surface area contributed by atoms with Crippen LogP contribution in [0.15, 0.2) is 53.1 Å². The van der Waals surface area contributed by atoms with Gasteiger partial charge in [0, 0.05) is 36.8 Å². The molecular formula is C18H21N5S. The fourth-order valence-electron chi connectivity index (χ4n) is 3.02. The lowest BCUT2D eigenvalue weighted by Crippen LogP contribution is -2.40. The van der Waals surface area contributed by atoms with Crippen molar-refractivity contribution in [2.45, 2.75) is 24.8 Å². The largest absolute Gasteiger partial charge is 0.356 e. The smallest absolute Gasteiger partial charge is 0.193 e. The normalized spacial score (nSPS) is 16.3. The Balaban J connectivity index is 1.34. The maximum Gasteiger partial charge on any atom is 0.193 e. The number of imidazole rings is 1. The molecule has 0 unspecified atom stereocenters. The van der Waals surface area contributed by atoms with Gasteiger partial charge in [-0.3, -0.25) is 9.39 Å². The van der Waals surface area contributed by atoms with Crippen molar-refractivity contribution in [1.29, 1.82) is 0 Å². The predicted octanol–water partition coefficient (Wildman–Crippen LogP) is 2.79. The van der Waals surface area contributed by atoms with E-state index in [0.29, 0.717) is 6.54 Å². The molecule has 0 atom stereocenters. The first-order valence-corrected chi connectivity index (χ1v) is 9.08. The van der Waals surface area contributed by atoms with Crippen molar-refractivity contribution in [3.8, 4) is 0 Å². The van der Waals surface area contributed by atoms with Crippen LogP contribution < -0.4 is 10.6 Å². The standard InChI is InChI=1S/C18H21N5S/c1-19-16(20-11-15-12-23-9-10-24-17(23)22-15)21-13-18(7-8-18)14-5-3-2-4-6-14/h2-6,9-10,12H,7-8,11,13H2,1H3,(H2,19,20,21). The van der Waals surface area contributed by atoms with E-state index in [1.54, 1.807) is 11.3 Å². The molecular weight excluding hydrogens is 318 g/mol. The molecule has 1 aromatic carbocycles. The summed E-state index contributed by atoms with van der Waals surface area (Å²) in [6, 6.07) is 10.8. The van der Waals surface area contributed by atoms with Crippen LogP contribution in [0.2, 0.25) is 0 Å². The number of hydrogen-bond donors (Lipinski definition) is 2. The molecule has 24 heavy (non-hydrogen) atoms. The summed E-state index contributed by atoms with van der Waals surface area (Å²) in [6.07, 6.45) is 6.55. The summed E-state index contributed by atoms with van der Waals surface area (Å²) in [5.41, 5.74) is 2.71. The van der Waals surface area contributed by atoms with Crippen LogP contribution in [0.5, 0.6) is 0 Å². The SMILES string of the molecule is CN=C(NCc1cn2ccsc2n1)NCC1(c2ccccc2)CC1. The van der Waals surface area contributed by atoms with E-state index in [9.17, 15) is 0 Å². The minimum Gasteiger partial charge on any atom is -0.356 e. The van der Waals surface area contributed by atoms with E-state index < -0.39 is 0 Å². The summed E-state index contributed by atoms with van der Waals surface area (Å²) < 4.78 is 2.05. The molecule has 1 fully saturated rings. The Morgan fingerprint density at radius 2 is 2.12 bits per heavy atom. The molecule has 0 radical (unpaired) electrons. The van der Waals surface area contributed by atoms with Gasteiger partial charge in [-0.2, -0.15) is 0 Å².